The van der Waals surface area contributed by atoms with Gasteiger partial charge in [-0.15, -0.1) is 0 Å². The highest BCUT2D eigenvalue weighted by Crippen LogP contribution is 2.35. The van der Waals surface area contributed by atoms with Crippen molar-refractivity contribution in [1.82, 2.24) is 20.2 Å². The molecule has 0 bridgehead atoms. The second-order valence-electron chi connectivity index (χ2n) is 4.59. The third-order valence-corrected chi connectivity index (χ3v) is 3.29. The van der Waals surface area contributed by atoms with Crippen LogP contribution < -0.4 is 5.32 Å². The van der Waals surface area contributed by atoms with E-state index in [9.17, 15) is 9.18 Å². The molecule has 0 saturated carbocycles. The molecular formula is C13H12FN5O. The van der Waals surface area contributed by atoms with Gasteiger partial charge in [-0.3, -0.25) is 4.79 Å². The molecule has 1 aromatic carbocycles. The van der Waals surface area contributed by atoms with Crippen molar-refractivity contribution >= 4 is 11.7 Å². The molecule has 0 aliphatic carbocycles. The lowest BCUT2D eigenvalue weighted by Crippen LogP contribution is -2.28. The molecule has 2 heterocycles. The molecule has 6 nitrogen and oxygen atoms in total. The van der Waals surface area contributed by atoms with Crippen molar-refractivity contribution in [2.45, 2.75) is 19.9 Å². The molecule has 0 fully saturated rings. The fourth-order valence-corrected chi connectivity index (χ4v) is 2.45. The van der Waals surface area contributed by atoms with Crippen LogP contribution >= 0.6 is 0 Å². The Hall–Kier alpha value is -2.57. The molecule has 0 spiro atoms. The summed E-state index contributed by atoms with van der Waals surface area (Å²) in [6.07, 6.45) is 0. The van der Waals surface area contributed by atoms with Crippen molar-refractivity contribution in [2.24, 2.45) is 0 Å². The number of nitrogens with zero attached hydrogens (tertiary/aromatic N) is 4. The first-order valence-corrected chi connectivity index (χ1v) is 6.10. The Morgan fingerprint density at radius 3 is 2.85 bits per heavy atom. The lowest BCUT2D eigenvalue weighted by Gasteiger charge is -2.27. The Labute approximate surface area is 114 Å². The molecule has 1 atom stereocenters. The number of tetrazole rings is 1. The third-order valence-electron chi connectivity index (χ3n) is 3.29. The number of allylic oxidation sites excluding steroid dienone is 2. The van der Waals surface area contributed by atoms with Crippen LogP contribution in [0.3, 0.4) is 0 Å². The van der Waals surface area contributed by atoms with Crippen LogP contribution in [0.2, 0.25) is 0 Å². The Morgan fingerprint density at radius 1 is 1.40 bits per heavy atom. The molecule has 1 aromatic heterocycles. The Kier molecular flexibility index (Phi) is 2.81. The van der Waals surface area contributed by atoms with Crippen molar-refractivity contribution in [3.63, 3.8) is 0 Å². The van der Waals surface area contributed by atoms with E-state index in [1.807, 2.05) is 0 Å². The van der Waals surface area contributed by atoms with Gasteiger partial charge in [0.25, 0.3) is 0 Å². The number of rotatable bonds is 2. The molecule has 0 saturated heterocycles. The van der Waals surface area contributed by atoms with Crippen LogP contribution in [0.15, 0.2) is 35.5 Å². The van der Waals surface area contributed by atoms with Crippen LogP contribution in [0.4, 0.5) is 10.3 Å². The summed E-state index contributed by atoms with van der Waals surface area (Å²) in [6, 6.07) is 5.66. The molecule has 1 aliphatic rings. The van der Waals surface area contributed by atoms with Crippen LogP contribution in [0, 0.1) is 5.82 Å². The fraction of sp³-hybridized carbons (Fsp3) is 0.231. The number of benzene rings is 1. The van der Waals surface area contributed by atoms with Gasteiger partial charge < -0.3 is 5.32 Å². The maximum absolute atomic E-state index is 14.1. The van der Waals surface area contributed by atoms with Gasteiger partial charge in [0, 0.05) is 16.8 Å². The molecule has 1 aliphatic heterocycles. The first-order chi connectivity index (χ1) is 9.59. The number of carbonyl (C=O) groups is 1. The van der Waals surface area contributed by atoms with Gasteiger partial charge in [-0.2, -0.15) is 4.68 Å². The summed E-state index contributed by atoms with van der Waals surface area (Å²) in [5.41, 5.74) is 1.45. The maximum Gasteiger partial charge on any atom is 0.248 e. The van der Waals surface area contributed by atoms with Gasteiger partial charge in [0.15, 0.2) is 5.78 Å². The predicted octanol–water partition coefficient (Wildman–Crippen LogP) is 1.69. The Bertz CT molecular complexity index is 721. The highest BCUT2D eigenvalue weighted by atomic mass is 19.1. The smallest absolute Gasteiger partial charge is 0.248 e. The van der Waals surface area contributed by atoms with Crippen LogP contribution in [-0.2, 0) is 4.79 Å². The zero-order valence-electron chi connectivity index (χ0n) is 11.0. The summed E-state index contributed by atoms with van der Waals surface area (Å²) in [5.74, 6) is -0.155. The summed E-state index contributed by atoms with van der Waals surface area (Å²) >= 11 is 0. The average molecular weight is 273 g/mol. The molecule has 102 valence electrons. The van der Waals surface area contributed by atoms with E-state index in [0.29, 0.717) is 22.8 Å². The summed E-state index contributed by atoms with van der Waals surface area (Å²) in [7, 11) is 0. The number of carbonyl (C=O) groups excluding carboxylic acids is 1. The van der Waals surface area contributed by atoms with E-state index < -0.39 is 11.9 Å². The minimum absolute atomic E-state index is 0.149. The molecule has 3 rings (SSSR count). The van der Waals surface area contributed by atoms with E-state index in [1.54, 1.807) is 25.1 Å². The quantitative estimate of drug-likeness (QED) is 0.901. The second kappa shape index (κ2) is 4.52. The molecule has 7 heteroatoms. The largest absolute Gasteiger partial charge is 0.327 e. The summed E-state index contributed by atoms with van der Waals surface area (Å²) in [6.45, 7) is 3.20. The zero-order valence-corrected chi connectivity index (χ0v) is 11.0. The van der Waals surface area contributed by atoms with Gasteiger partial charge >= 0.3 is 0 Å². The van der Waals surface area contributed by atoms with Gasteiger partial charge in [0.05, 0.1) is 0 Å². The van der Waals surface area contributed by atoms with Gasteiger partial charge in [-0.1, -0.05) is 23.3 Å². The number of aromatic nitrogens is 4. The minimum Gasteiger partial charge on any atom is -0.327 e. The van der Waals surface area contributed by atoms with Crippen LogP contribution in [0.5, 0.6) is 0 Å². The maximum atomic E-state index is 14.1. The zero-order chi connectivity index (χ0) is 14.3. The Morgan fingerprint density at radius 2 is 2.15 bits per heavy atom. The number of Topliss-reactive ketones (excluding diaryl/α,β-unsaturated/α-hetero) is 1. The van der Waals surface area contributed by atoms with Gasteiger partial charge in [0.1, 0.15) is 11.9 Å². The van der Waals surface area contributed by atoms with Gasteiger partial charge in [-0.25, -0.2) is 4.39 Å². The van der Waals surface area contributed by atoms with Crippen LogP contribution in [0.1, 0.15) is 25.5 Å². The van der Waals surface area contributed by atoms with Gasteiger partial charge in [0.2, 0.25) is 5.95 Å². The number of anilines is 1. The first kappa shape index (κ1) is 12.5. The second-order valence-corrected chi connectivity index (χ2v) is 4.59. The standard InChI is InChI=1S/C13H12FN5O/c1-7-11(8(2)20)12(9-5-3-4-6-10(9)14)19-13(15-7)16-17-18-19/h3-6,12H,1-2H3,(H,15,16,18)/t12-/m1/s1. The number of halogens is 1. The fourth-order valence-electron chi connectivity index (χ4n) is 2.45. The van der Waals surface area contributed by atoms with E-state index in [2.05, 4.69) is 20.8 Å². The minimum atomic E-state index is -0.653. The lowest BCUT2D eigenvalue weighted by atomic mass is 9.93. The number of hydrogen-bond acceptors (Lipinski definition) is 5. The number of fused-ring (bicyclic) bond motifs is 1. The average Bonchev–Trinajstić information content (AvgIpc) is 2.85. The highest BCUT2D eigenvalue weighted by molar-refractivity contribution is 5.96. The Balaban J connectivity index is 2.25. The molecule has 0 unspecified atom stereocenters. The molecule has 2 aromatic rings. The van der Waals surface area contributed by atoms with Crippen molar-refractivity contribution < 1.29 is 9.18 Å². The van der Waals surface area contributed by atoms with E-state index in [1.165, 1.54) is 17.7 Å². The monoisotopic (exact) mass is 273 g/mol. The van der Waals surface area contributed by atoms with Crippen LogP contribution in [-0.4, -0.2) is 26.0 Å². The number of hydrogen-bond donors (Lipinski definition) is 1. The number of ketones is 1. The van der Waals surface area contributed by atoms with Crippen molar-refractivity contribution in [1.29, 1.82) is 0 Å². The number of nitrogens with one attached hydrogen (secondary N) is 1. The van der Waals surface area contributed by atoms with Crippen LogP contribution in [0.25, 0.3) is 0 Å². The van der Waals surface area contributed by atoms with Crippen molar-refractivity contribution in [3.05, 3.63) is 46.9 Å². The van der Waals surface area contributed by atoms with Crippen molar-refractivity contribution in [2.75, 3.05) is 5.32 Å². The topological polar surface area (TPSA) is 72.7 Å². The van der Waals surface area contributed by atoms with E-state index in [0.717, 1.165) is 0 Å². The van der Waals surface area contributed by atoms with E-state index in [4.69, 9.17) is 0 Å². The van der Waals surface area contributed by atoms with Crippen molar-refractivity contribution in [3.8, 4) is 0 Å². The molecule has 0 amide bonds. The molecule has 20 heavy (non-hydrogen) atoms. The molecule has 1 N–H and O–H groups in total. The SMILES string of the molecule is CC(=O)C1=C(C)Nc2nnnn2[C@@H]1c1ccccc1F. The summed E-state index contributed by atoms with van der Waals surface area (Å²) in [5, 5.41) is 14.2. The van der Waals surface area contributed by atoms with E-state index >= 15 is 0 Å². The molecular weight excluding hydrogens is 261 g/mol. The molecule has 0 radical (unpaired) electrons. The third kappa shape index (κ3) is 1.78. The lowest BCUT2D eigenvalue weighted by molar-refractivity contribution is -0.114. The predicted molar refractivity (Wildman–Crippen MR) is 69.4 cm³/mol. The highest BCUT2D eigenvalue weighted by Gasteiger charge is 2.33. The first-order valence-electron chi connectivity index (χ1n) is 6.10. The van der Waals surface area contributed by atoms with E-state index in [-0.39, 0.29) is 5.78 Å². The normalized spacial score (nSPS) is 17.6. The summed E-state index contributed by atoms with van der Waals surface area (Å²) in [4.78, 5) is 11.9. The summed E-state index contributed by atoms with van der Waals surface area (Å²) < 4.78 is 15.5. The van der Waals surface area contributed by atoms with Gasteiger partial charge in [-0.05, 0) is 30.3 Å².